The average molecular weight is 489 g/mol. The second-order valence-corrected chi connectivity index (χ2v) is 10.0. The maximum Gasteiger partial charge on any atom is 0.409 e. The molecule has 1 aromatic heterocycles. The molecule has 1 unspecified atom stereocenters. The van der Waals surface area contributed by atoms with Crippen molar-refractivity contribution in [3.8, 4) is 10.4 Å². The Bertz CT molecular complexity index is 1150. The molecule has 0 aliphatic rings. The van der Waals surface area contributed by atoms with Crippen LogP contribution in [-0.2, 0) is 24.9 Å². The number of alkyl carbamates (subject to hydrolysis) is 1. The van der Waals surface area contributed by atoms with Crippen LogP contribution < -0.4 is 16.4 Å². The van der Waals surface area contributed by atoms with Crippen molar-refractivity contribution in [1.29, 1.82) is 0 Å². The highest BCUT2D eigenvalue weighted by Gasteiger charge is 2.15. The number of rotatable bonds is 9. The molecule has 0 aliphatic carbocycles. The van der Waals surface area contributed by atoms with Crippen molar-refractivity contribution in [3.63, 3.8) is 0 Å². The zero-order valence-electron chi connectivity index (χ0n) is 18.1. The topological polar surface area (TPSA) is 129 Å². The Labute approximate surface area is 195 Å². The molecule has 0 fully saturated rings. The first-order valence-corrected chi connectivity index (χ1v) is 12.7. The third kappa shape index (κ3) is 7.16. The molecule has 1 heterocycles. The van der Waals surface area contributed by atoms with E-state index >= 15 is 0 Å². The van der Waals surface area contributed by atoms with Crippen molar-refractivity contribution in [3.05, 3.63) is 71.1 Å². The third-order valence-electron chi connectivity index (χ3n) is 4.57. The predicted octanol–water partition coefficient (Wildman–Crippen LogP) is 4.92. The zero-order valence-corrected chi connectivity index (χ0v) is 19.8. The molecule has 0 bridgehead atoms. The van der Waals surface area contributed by atoms with Gasteiger partial charge in [0.25, 0.3) is 5.91 Å². The van der Waals surface area contributed by atoms with E-state index in [2.05, 4.69) is 15.2 Å². The molecule has 2 amide bonds. The highest BCUT2D eigenvalue weighted by atomic mass is 32.1. The van der Waals surface area contributed by atoms with Gasteiger partial charge in [-0.25, -0.2) is 4.79 Å². The first-order valence-electron chi connectivity index (χ1n) is 9.79. The predicted molar refractivity (Wildman–Crippen MR) is 128 cm³/mol. The molecule has 0 radical (unpaired) electrons. The average Bonchev–Trinajstić information content (AvgIpc) is 3.34. The van der Waals surface area contributed by atoms with Gasteiger partial charge >= 0.3 is 13.7 Å². The van der Waals surface area contributed by atoms with Crippen LogP contribution in [0.2, 0.25) is 0 Å². The monoisotopic (exact) mass is 489 g/mol. The number of thiophene rings is 1. The highest BCUT2D eigenvalue weighted by molar-refractivity contribution is 7.52. The van der Waals surface area contributed by atoms with Crippen LogP contribution in [0.3, 0.4) is 0 Å². The molecule has 3 aromatic rings. The van der Waals surface area contributed by atoms with Gasteiger partial charge < -0.3 is 25.6 Å². The van der Waals surface area contributed by atoms with Crippen molar-refractivity contribution in [2.45, 2.75) is 6.54 Å². The molecule has 0 spiro atoms. The van der Waals surface area contributed by atoms with E-state index in [-0.39, 0.29) is 12.5 Å². The molecule has 0 saturated carbocycles. The summed E-state index contributed by atoms with van der Waals surface area (Å²) in [6.07, 6.45) is -0.742. The lowest BCUT2D eigenvalue weighted by atomic mass is 10.1. The summed E-state index contributed by atoms with van der Waals surface area (Å²) in [5.74, 6) is -0.303. The van der Waals surface area contributed by atoms with Crippen molar-refractivity contribution in [1.82, 2.24) is 5.32 Å². The van der Waals surface area contributed by atoms with Crippen LogP contribution in [0.25, 0.3) is 10.4 Å². The summed E-state index contributed by atoms with van der Waals surface area (Å²) >= 11 is 1.60. The molecule has 0 aliphatic heterocycles. The van der Waals surface area contributed by atoms with Crippen molar-refractivity contribution in [2.24, 2.45) is 0 Å². The lowest BCUT2D eigenvalue weighted by Crippen LogP contribution is -2.24. The van der Waals surface area contributed by atoms with Gasteiger partial charge in [-0.15, -0.1) is 11.3 Å². The van der Waals surface area contributed by atoms with Gasteiger partial charge in [0.1, 0.15) is 0 Å². The lowest BCUT2D eigenvalue weighted by Gasteiger charge is -2.12. The Morgan fingerprint density at radius 2 is 1.88 bits per heavy atom. The molecule has 3 rings (SSSR count). The van der Waals surface area contributed by atoms with E-state index < -0.39 is 20.5 Å². The quantitative estimate of drug-likeness (QED) is 0.221. The smallest absolute Gasteiger partial charge is 0.409 e. The van der Waals surface area contributed by atoms with E-state index in [0.29, 0.717) is 16.9 Å². The second-order valence-electron chi connectivity index (χ2n) is 6.92. The summed E-state index contributed by atoms with van der Waals surface area (Å²) in [5.41, 5.74) is 9.20. The standard InChI is InChI=1S/C22H24N3O6PS/c1-29-32(2,28)31-14-30-22(27)24-13-15-5-7-16(8-6-15)21(26)25-19-12-17(9-10-18(19)23)20-4-3-11-33-20/h3-12H,13-14,23H2,1-2H3,(H,24,27)(H,25,26). The summed E-state index contributed by atoms with van der Waals surface area (Å²) < 4.78 is 25.8. The Morgan fingerprint density at radius 3 is 2.55 bits per heavy atom. The van der Waals surface area contributed by atoms with Crippen LogP contribution in [0, 0.1) is 0 Å². The maximum absolute atomic E-state index is 12.7. The fourth-order valence-corrected chi connectivity index (χ4v) is 3.76. The minimum absolute atomic E-state index is 0.171. The Morgan fingerprint density at radius 1 is 1.12 bits per heavy atom. The van der Waals surface area contributed by atoms with Crippen molar-refractivity contribution in [2.75, 3.05) is 31.6 Å². The minimum Gasteiger partial charge on any atom is -0.422 e. The number of carbonyl (C=O) groups is 2. The summed E-state index contributed by atoms with van der Waals surface area (Å²) in [5, 5.41) is 7.36. The lowest BCUT2D eigenvalue weighted by molar-refractivity contribution is 0.0508. The first kappa shape index (κ1) is 24.5. The number of ether oxygens (including phenoxy) is 1. The molecule has 2 aromatic carbocycles. The van der Waals surface area contributed by atoms with Crippen LogP contribution in [0.1, 0.15) is 15.9 Å². The number of anilines is 2. The van der Waals surface area contributed by atoms with Gasteiger partial charge in [-0.1, -0.05) is 24.3 Å². The molecular formula is C22H24N3O6PS. The van der Waals surface area contributed by atoms with Crippen LogP contribution >= 0.6 is 18.9 Å². The van der Waals surface area contributed by atoms with Gasteiger partial charge in [0, 0.05) is 30.8 Å². The maximum atomic E-state index is 12.7. The Balaban J connectivity index is 1.53. The molecule has 4 N–H and O–H groups in total. The Hall–Kier alpha value is -3.17. The number of benzene rings is 2. The number of nitrogen functional groups attached to an aromatic ring is 1. The van der Waals surface area contributed by atoms with E-state index in [9.17, 15) is 14.2 Å². The number of nitrogens with two attached hydrogens (primary N) is 1. The second kappa shape index (κ2) is 11.1. The summed E-state index contributed by atoms with van der Waals surface area (Å²) in [6.45, 7) is 0.939. The number of hydrogen-bond acceptors (Lipinski definition) is 8. The fourth-order valence-electron chi connectivity index (χ4n) is 2.68. The third-order valence-corrected chi connectivity index (χ3v) is 6.73. The normalized spacial score (nSPS) is 12.5. The summed E-state index contributed by atoms with van der Waals surface area (Å²) in [4.78, 5) is 25.4. The first-order chi connectivity index (χ1) is 15.8. The van der Waals surface area contributed by atoms with Gasteiger partial charge in [-0.2, -0.15) is 0 Å². The highest BCUT2D eigenvalue weighted by Crippen LogP contribution is 2.42. The van der Waals surface area contributed by atoms with E-state index in [1.165, 1.54) is 13.8 Å². The van der Waals surface area contributed by atoms with Crippen molar-refractivity contribution < 1.29 is 27.9 Å². The van der Waals surface area contributed by atoms with Crippen LogP contribution in [-0.4, -0.2) is 32.6 Å². The molecule has 33 heavy (non-hydrogen) atoms. The largest absolute Gasteiger partial charge is 0.422 e. The molecular weight excluding hydrogens is 465 g/mol. The van der Waals surface area contributed by atoms with Crippen molar-refractivity contribution >= 4 is 42.3 Å². The van der Waals surface area contributed by atoms with Gasteiger partial charge in [0.05, 0.1) is 11.4 Å². The SMILES string of the molecule is COP(C)(=O)OCOC(=O)NCc1ccc(C(=O)Nc2cc(-c3cccs3)ccc2N)cc1. The van der Waals surface area contributed by atoms with Gasteiger partial charge in [0.15, 0.2) is 0 Å². The number of amides is 2. The van der Waals surface area contributed by atoms with E-state index in [4.69, 9.17) is 15.0 Å². The van der Waals surface area contributed by atoms with Crippen LogP contribution in [0.4, 0.5) is 16.2 Å². The number of carbonyl (C=O) groups excluding carboxylic acids is 2. The van der Waals surface area contributed by atoms with Gasteiger partial charge in [-0.3, -0.25) is 13.9 Å². The minimum atomic E-state index is -3.22. The molecule has 0 saturated heterocycles. The Kier molecular flexibility index (Phi) is 8.24. The van der Waals surface area contributed by atoms with E-state index in [1.807, 2.05) is 29.6 Å². The number of hydrogen-bond donors (Lipinski definition) is 3. The number of nitrogens with one attached hydrogen (secondary N) is 2. The van der Waals surface area contributed by atoms with Gasteiger partial charge in [0.2, 0.25) is 6.79 Å². The van der Waals surface area contributed by atoms with Gasteiger partial charge in [-0.05, 0) is 46.8 Å². The van der Waals surface area contributed by atoms with Crippen LogP contribution in [0.15, 0.2) is 60.0 Å². The van der Waals surface area contributed by atoms with Crippen LogP contribution in [0.5, 0.6) is 0 Å². The summed E-state index contributed by atoms with van der Waals surface area (Å²) in [6, 6.07) is 16.2. The zero-order chi connectivity index (χ0) is 23.8. The summed E-state index contributed by atoms with van der Waals surface area (Å²) in [7, 11) is -1.98. The fraction of sp³-hybridized carbons (Fsp3) is 0.182. The molecule has 174 valence electrons. The van der Waals surface area contributed by atoms with E-state index in [1.54, 1.807) is 41.7 Å². The molecule has 11 heteroatoms. The molecule has 9 nitrogen and oxygen atoms in total. The van der Waals surface area contributed by atoms with E-state index in [0.717, 1.165) is 16.0 Å². The molecule has 1 atom stereocenters.